The lowest BCUT2D eigenvalue weighted by Gasteiger charge is -2.09. The standard InChI is InChI=1S/C15H10O8/c1-22-15(21)6-4-8(18)12(19)14-10(6)13(20)11-7(17)2-5(16)3-9(11)23-14/h2-4,16-19H,1H3. The van der Waals surface area contributed by atoms with E-state index in [9.17, 15) is 30.0 Å². The van der Waals surface area contributed by atoms with Crippen LogP contribution in [0.2, 0.25) is 0 Å². The van der Waals surface area contributed by atoms with Crippen molar-refractivity contribution in [1.82, 2.24) is 0 Å². The highest BCUT2D eigenvalue weighted by atomic mass is 16.5. The zero-order chi connectivity index (χ0) is 16.9. The van der Waals surface area contributed by atoms with Crippen molar-refractivity contribution in [3.8, 4) is 23.0 Å². The number of fused-ring (bicyclic) bond motifs is 2. The van der Waals surface area contributed by atoms with Gasteiger partial charge in [-0.15, -0.1) is 0 Å². The Morgan fingerprint density at radius 2 is 1.74 bits per heavy atom. The summed E-state index contributed by atoms with van der Waals surface area (Å²) in [6.07, 6.45) is 0. The SMILES string of the molecule is COC(=O)c1cc(O)c(O)c2oc3cc(O)cc(O)c3c(=O)c12. The summed E-state index contributed by atoms with van der Waals surface area (Å²) in [5, 5.41) is 38.3. The molecule has 2 aromatic carbocycles. The summed E-state index contributed by atoms with van der Waals surface area (Å²) in [5.41, 5.74) is -1.85. The lowest BCUT2D eigenvalue weighted by atomic mass is 10.0. The van der Waals surface area contributed by atoms with E-state index < -0.39 is 34.2 Å². The number of rotatable bonds is 1. The molecule has 0 unspecified atom stereocenters. The summed E-state index contributed by atoms with van der Waals surface area (Å²) < 4.78 is 9.84. The van der Waals surface area contributed by atoms with E-state index >= 15 is 0 Å². The van der Waals surface area contributed by atoms with E-state index in [0.717, 1.165) is 25.3 Å². The third-order valence-corrected chi connectivity index (χ3v) is 3.37. The highest BCUT2D eigenvalue weighted by molar-refractivity contribution is 6.08. The molecule has 23 heavy (non-hydrogen) atoms. The second-order valence-electron chi connectivity index (χ2n) is 4.76. The molecule has 0 fully saturated rings. The molecule has 0 aliphatic rings. The zero-order valence-corrected chi connectivity index (χ0v) is 11.7. The quantitative estimate of drug-likeness (QED) is 0.301. The molecule has 0 amide bonds. The third kappa shape index (κ3) is 2.00. The Hall–Kier alpha value is -3.42. The first-order chi connectivity index (χ1) is 10.8. The van der Waals surface area contributed by atoms with E-state index in [1.807, 2.05) is 0 Å². The Labute approximate surface area is 127 Å². The van der Waals surface area contributed by atoms with Crippen LogP contribution in [-0.4, -0.2) is 33.5 Å². The van der Waals surface area contributed by atoms with E-state index in [-0.39, 0.29) is 27.7 Å². The van der Waals surface area contributed by atoms with Gasteiger partial charge in [-0.3, -0.25) is 4.79 Å². The van der Waals surface area contributed by atoms with Crippen LogP contribution in [0, 0.1) is 0 Å². The van der Waals surface area contributed by atoms with Gasteiger partial charge in [-0.1, -0.05) is 0 Å². The topological polar surface area (TPSA) is 137 Å². The number of ether oxygens (including phenoxy) is 1. The molecule has 4 N–H and O–H groups in total. The molecule has 3 rings (SSSR count). The average molecular weight is 318 g/mol. The van der Waals surface area contributed by atoms with Crippen molar-refractivity contribution in [3.63, 3.8) is 0 Å². The van der Waals surface area contributed by atoms with Gasteiger partial charge in [-0.05, 0) is 6.07 Å². The Bertz CT molecular complexity index is 1030. The minimum Gasteiger partial charge on any atom is -0.508 e. The summed E-state index contributed by atoms with van der Waals surface area (Å²) in [6.45, 7) is 0. The Morgan fingerprint density at radius 3 is 2.39 bits per heavy atom. The molecule has 0 aliphatic carbocycles. The fraction of sp³-hybridized carbons (Fsp3) is 0.0667. The van der Waals surface area contributed by atoms with Gasteiger partial charge in [0.15, 0.2) is 11.3 Å². The molecule has 0 atom stereocenters. The van der Waals surface area contributed by atoms with Gasteiger partial charge in [0.1, 0.15) is 22.5 Å². The van der Waals surface area contributed by atoms with Gasteiger partial charge in [0.2, 0.25) is 11.2 Å². The number of carbonyl (C=O) groups is 1. The summed E-state index contributed by atoms with van der Waals surface area (Å²) in [4.78, 5) is 24.4. The van der Waals surface area contributed by atoms with Gasteiger partial charge >= 0.3 is 5.97 Å². The maximum Gasteiger partial charge on any atom is 0.338 e. The Balaban J connectivity index is 2.64. The third-order valence-electron chi connectivity index (χ3n) is 3.37. The van der Waals surface area contributed by atoms with E-state index in [0.29, 0.717) is 0 Å². The Morgan fingerprint density at radius 1 is 1.04 bits per heavy atom. The molecule has 8 heteroatoms. The molecule has 0 saturated carbocycles. The maximum atomic E-state index is 12.6. The summed E-state index contributed by atoms with van der Waals surface area (Å²) in [5.74, 6) is -3.31. The smallest absolute Gasteiger partial charge is 0.338 e. The largest absolute Gasteiger partial charge is 0.508 e. The maximum absolute atomic E-state index is 12.6. The van der Waals surface area contributed by atoms with Gasteiger partial charge in [0, 0.05) is 12.1 Å². The number of hydrogen-bond donors (Lipinski definition) is 4. The number of aromatic hydroxyl groups is 4. The molecule has 118 valence electrons. The van der Waals surface area contributed by atoms with Crippen molar-refractivity contribution in [1.29, 1.82) is 0 Å². The zero-order valence-electron chi connectivity index (χ0n) is 11.7. The monoisotopic (exact) mass is 318 g/mol. The number of phenolic OH excluding ortho intramolecular Hbond substituents is 4. The van der Waals surface area contributed by atoms with Crippen LogP contribution in [0.5, 0.6) is 23.0 Å². The molecule has 3 aromatic rings. The number of hydrogen-bond acceptors (Lipinski definition) is 8. The van der Waals surface area contributed by atoms with E-state index in [2.05, 4.69) is 4.74 Å². The van der Waals surface area contributed by atoms with Crippen LogP contribution in [0.3, 0.4) is 0 Å². The van der Waals surface area contributed by atoms with Gasteiger partial charge in [-0.25, -0.2) is 4.79 Å². The first-order valence-corrected chi connectivity index (χ1v) is 6.31. The molecule has 1 aromatic heterocycles. The van der Waals surface area contributed by atoms with Gasteiger partial charge in [-0.2, -0.15) is 0 Å². The highest BCUT2D eigenvalue weighted by Crippen LogP contribution is 2.38. The van der Waals surface area contributed by atoms with Crippen LogP contribution in [0.15, 0.2) is 27.4 Å². The van der Waals surface area contributed by atoms with Gasteiger partial charge < -0.3 is 29.6 Å². The molecular weight excluding hydrogens is 308 g/mol. The fourth-order valence-corrected chi connectivity index (χ4v) is 2.36. The lowest BCUT2D eigenvalue weighted by Crippen LogP contribution is -2.10. The predicted octanol–water partition coefficient (Wildman–Crippen LogP) is 1.56. The molecule has 0 aliphatic heterocycles. The minimum atomic E-state index is -0.935. The van der Waals surface area contributed by atoms with Crippen molar-refractivity contribution in [2.45, 2.75) is 0 Å². The van der Waals surface area contributed by atoms with Crippen molar-refractivity contribution < 1.29 is 34.4 Å². The number of benzene rings is 2. The van der Waals surface area contributed by atoms with Crippen LogP contribution < -0.4 is 5.43 Å². The van der Waals surface area contributed by atoms with E-state index in [1.165, 1.54) is 0 Å². The van der Waals surface area contributed by atoms with Crippen LogP contribution in [0.1, 0.15) is 10.4 Å². The number of esters is 1. The highest BCUT2D eigenvalue weighted by Gasteiger charge is 2.24. The second kappa shape index (κ2) is 4.80. The molecule has 0 saturated heterocycles. The van der Waals surface area contributed by atoms with Crippen molar-refractivity contribution in [3.05, 3.63) is 34.0 Å². The molecular formula is C15H10O8. The normalized spacial score (nSPS) is 11.0. The predicted molar refractivity (Wildman–Crippen MR) is 78.0 cm³/mol. The molecule has 8 nitrogen and oxygen atoms in total. The Kier molecular flexibility index (Phi) is 3.03. The minimum absolute atomic E-state index is 0.225. The number of methoxy groups -OCH3 is 1. The van der Waals surface area contributed by atoms with Crippen LogP contribution >= 0.6 is 0 Å². The van der Waals surface area contributed by atoms with E-state index in [4.69, 9.17) is 4.42 Å². The molecule has 0 bridgehead atoms. The van der Waals surface area contributed by atoms with Crippen molar-refractivity contribution in [2.75, 3.05) is 7.11 Å². The second-order valence-corrected chi connectivity index (χ2v) is 4.76. The lowest BCUT2D eigenvalue weighted by molar-refractivity contribution is 0.0602. The first kappa shape index (κ1) is 14.5. The van der Waals surface area contributed by atoms with E-state index in [1.54, 1.807) is 0 Å². The molecule has 1 heterocycles. The van der Waals surface area contributed by atoms with Gasteiger partial charge in [0.25, 0.3) is 0 Å². The van der Waals surface area contributed by atoms with Gasteiger partial charge in [0.05, 0.1) is 18.1 Å². The summed E-state index contributed by atoms with van der Waals surface area (Å²) in [7, 11) is 1.08. The van der Waals surface area contributed by atoms with Crippen LogP contribution in [0.4, 0.5) is 0 Å². The van der Waals surface area contributed by atoms with Crippen molar-refractivity contribution in [2.24, 2.45) is 0 Å². The van der Waals surface area contributed by atoms with Crippen molar-refractivity contribution >= 4 is 27.9 Å². The fourth-order valence-electron chi connectivity index (χ4n) is 2.36. The molecule has 0 radical (unpaired) electrons. The van der Waals surface area contributed by atoms with Crippen LogP contribution in [-0.2, 0) is 4.74 Å². The number of phenols is 4. The first-order valence-electron chi connectivity index (χ1n) is 6.31. The number of carbonyl (C=O) groups excluding carboxylic acids is 1. The van der Waals surface area contributed by atoms with Crippen LogP contribution in [0.25, 0.3) is 21.9 Å². The summed E-state index contributed by atoms with van der Waals surface area (Å²) >= 11 is 0. The average Bonchev–Trinajstić information content (AvgIpc) is 2.49. The molecule has 0 spiro atoms. The summed E-state index contributed by atoms with van der Waals surface area (Å²) in [6, 6.07) is 2.85.